The van der Waals surface area contributed by atoms with E-state index in [1.807, 2.05) is 37.3 Å². The lowest BCUT2D eigenvalue weighted by Gasteiger charge is -2.35. The highest BCUT2D eigenvalue weighted by molar-refractivity contribution is 5.94. The minimum Gasteiger partial charge on any atom is -0.339 e. The number of piperidine rings is 1. The summed E-state index contributed by atoms with van der Waals surface area (Å²) >= 11 is 0. The molecule has 1 unspecified atom stereocenters. The van der Waals surface area contributed by atoms with E-state index in [1.165, 1.54) is 12.1 Å². The van der Waals surface area contributed by atoms with Gasteiger partial charge in [-0.15, -0.1) is 0 Å². The zero-order valence-electron chi connectivity index (χ0n) is 17.0. The largest absolute Gasteiger partial charge is 0.416 e. The highest BCUT2D eigenvalue weighted by atomic mass is 19.4. The van der Waals surface area contributed by atoms with Crippen molar-refractivity contribution in [3.63, 3.8) is 0 Å². The number of carbonyl (C=O) groups is 2. The molecule has 0 aromatic heterocycles. The van der Waals surface area contributed by atoms with Gasteiger partial charge in [0, 0.05) is 31.6 Å². The van der Waals surface area contributed by atoms with Crippen LogP contribution in [0.25, 0.3) is 0 Å². The van der Waals surface area contributed by atoms with Gasteiger partial charge in [-0.25, -0.2) is 0 Å². The summed E-state index contributed by atoms with van der Waals surface area (Å²) in [6, 6.07) is 14.0. The minimum absolute atomic E-state index is 0.0491. The molecule has 0 bridgehead atoms. The first kappa shape index (κ1) is 21.9. The summed E-state index contributed by atoms with van der Waals surface area (Å²) in [5, 5.41) is 0. The van der Waals surface area contributed by atoms with Gasteiger partial charge in [0.1, 0.15) is 0 Å². The smallest absolute Gasteiger partial charge is 0.339 e. The predicted octanol–water partition coefficient (Wildman–Crippen LogP) is 4.78. The Balaban J connectivity index is 1.57. The second-order valence-corrected chi connectivity index (χ2v) is 7.68. The lowest BCUT2D eigenvalue weighted by atomic mass is 9.93. The Morgan fingerprint density at radius 2 is 1.57 bits per heavy atom. The maximum atomic E-state index is 12.9. The van der Waals surface area contributed by atoms with Gasteiger partial charge in [-0.2, -0.15) is 13.2 Å². The van der Waals surface area contributed by atoms with Crippen LogP contribution in [0.1, 0.15) is 47.3 Å². The predicted molar refractivity (Wildman–Crippen MR) is 108 cm³/mol. The first-order valence-corrected chi connectivity index (χ1v) is 9.96. The zero-order valence-corrected chi connectivity index (χ0v) is 17.0. The molecular weight excluding hydrogens is 393 g/mol. The van der Waals surface area contributed by atoms with E-state index in [0.29, 0.717) is 25.9 Å². The molecule has 1 atom stereocenters. The Morgan fingerprint density at radius 1 is 1.00 bits per heavy atom. The summed E-state index contributed by atoms with van der Waals surface area (Å²) in [5.74, 6) is -0.425. The summed E-state index contributed by atoms with van der Waals surface area (Å²) in [7, 11) is 1.79. The Bertz CT molecular complexity index is 874. The average molecular weight is 418 g/mol. The second-order valence-electron chi connectivity index (χ2n) is 7.68. The fourth-order valence-corrected chi connectivity index (χ4v) is 3.75. The third-order valence-corrected chi connectivity index (χ3v) is 5.80. The van der Waals surface area contributed by atoms with Crippen molar-refractivity contribution in [3.8, 4) is 0 Å². The van der Waals surface area contributed by atoms with Crippen molar-refractivity contribution < 1.29 is 22.8 Å². The molecule has 30 heavy (non-hydrogen) atoms. The fraction of sp³-hybridized carbons (Fsp3) is 0.391. The molecule has 2 aromatic rings. The molecule has 2 amide bonds. The van der Waals surface area contributed by atoms with Gasteiger partial charge in [-0.3, -0.25) is 9.59 Å². The van der Waals surface area contributed by atoms with Crippen molar-refractivity contribution in [1.82, 2.24) is 9.80 Å². The average Bonchev–Trinajstić information content (AvgIpc) is 2.77. The van der Waals surface area contributed by atoms with E-state index >= 15 is 0 Å². The maximum absolute atomic E-state index is 12.9. The molecular formula is C23H25F3N2O2. The Morgan fingerprint density at radius 3 is 2.10 bits per heavy atom. The number of hydrogen-bond acceptors (Lipinski definition) is 2. The summed E-state index contributed by atoms with van der Waals surface area (Å²) < 4.78 is 38.1. The van der Waals surface area contributed by atoms with Crippen molar-refractivity contribution in [3.05, 3.63) is 71.3 Å². The first-order chi connectivity index (χ1) is 14.2. The molecule has 1 saturated heterocycles. The number of hydrogen-bond donors (Lipinski definition) is 0. The van der Waals surface area contributed by atoms with Gasteiger partial charge in [-0.05, 0) is 49.6 Å². The number of benzene rings is 2. The van der Waals surface area contributed by atoms with Gasteiger partial charge in [0.05, 0.1) is 11.6 Å². The van der Waals surface area contributed by atoms with Gasteiger partial charge >= 0.3 is 6.18 Å². The molecule has 1 aliphatic rings. The van der Waals surface area contributed by atoms with E-state index in [-0.39, 0.29) is 29.3 Å². The van der Waals surface area contributed by atoms with Crippen LogP contribution in [0, 0.1) is 5.92 Å². The highest BCUT2D eigenvalue weighted by Gasteiger charge is 2.32. The van der Waals surface area contributed by atoms with Crippen molar-refractivity contribution >= 4 is 11.8 Å². The van der Waals surface area contributed by atoms with Gasteiger partial charge in [0.15, 0.2) is 0 Å². The highest BCUT2D eigenvalue weighted by Crippen LogP contribution is 2.30. The molecule has 1 aliphatic heterocycles. The number of amides is 2. The molecule has 0 aliphatic carbocycles. The van der Waals surface area contributed by atoms with E-state index in [9.17, 15) is 22.8 Å². The van der Waals surface area contributed by atoms with Crippen LogP contribution in [0.2, 0.25) is 0 Å². The molecule has 0 N–H and O–H groups in total. The van der Waals surface area contributed by atoms with Crippen molar-refractivity contribution in [2.75, 3.05) is 20.1 Å². The fourth-order valence-electron chi connectivity index (χ4n) is 3.75. The lowest BCUT2D eigenvalue weighted by Crippen LogP contribution is -2.44. The molecule has 1 fully saturated rings. The molecule has 160 valence electrons. The number of rotatable bonds is 4. The lowest BCUT2D eigenvalue weighted by molar-refractivity contribution is -0.138. The van der Waals surface area contributed by atoms with E-state index in [2.05, 4.69) is 0 Å². The third-order valence-electron chi connectivity index (χ3n) is 5.80. The molecule has 2 aromatic carbocycles. The Labute approximate surface area is 174 Å². The Hall–Kier alpha value is -2.83. The third kappa shape index (κ3) is 4.83. The van der Waals surface area contributed by atoms with E-state index in [1.54, 1.807) is 16.8 Å². The molecule has 7 heteroatoms. The number of alkyl halides is 3. The van der Waals surface area contributed by atoms with E-state index in [4.69, 9.17) is 0 Å². The van der Waals surface area contributed by atoms with Gasteiger partial charge in [0.2, 0.25) is 5.91 Å². The molecule has 1 heterocycles. The molecule has 0 spiro atoms. The summed E-state index contributed by atoms with van der Waals surface area (Å²) in [4.78, 5) is 28.9. The van der Waals surface area contributed by atoms with Crippen LogP contribution in [0.15, 0.2) is 54.6 Å². The van der Waals surface area contributed by atoms with Crippen molar-refractivity contribution in [1.29, 1.82) is 0 Å². The normalized spacial score (nSPS) is 16.2. The second kappa shape index (κ2) is 8.90. The number of carbonyl (C=O) groups excluding carboxylic acids is 2. The van der Waals surface area contributed by atoms with Crippen molar-refractivity contribution in [2.45, 2.75) is 32.0 Å². The molecule has 0 saturated carbocycles. The van der Waals surface area contributed by atoms with Gasteiger partial charge < -0.3 is 9.80 Å². The number of likely N-dealkylation sites (tertiary alicyclic amines) is 1. The topological polar surface area (TPSA) is 40.6 Å². The van der Waals surface area contributed by atoms with Crippen molar-refractivity contribution in [2.24, 2.45) is 5.92 Å². The first-order valence-electron chi connectivity index (χ1n) is 9.96. The van der Waals surface area contributed by atoms with Gasteiger partial charge in [0.25, 0.3) is 5.91 Å². The summed E-state index contributed by atoms with van der Waals surface area (Å²) in [6.07, 6.45) is -3.35. The zero-order chi connectivity index (χ0) is 21.9. The van der Waals surface area contributed by atoms with Crippen LogP contribution in [-0.4, -0.2) is 41.8 Å². The minimum atomic E-state index is -4.43. The standard InChI is InChI=1S/C23H25F3N2O2/c1-16(17-6-4-3-5-7-17)27(2)21(29)19-12-14-28(15-13-19)22(30)18-8-10-20(11-9-18)23(24,25)26/h3-11,16,19H,12-15H2,1-2H3. The van der Waals surface area contributed by atoms with Crippen LogP contribution in [0.4, 0.5) is 13.2 Å². The number of halogens is 3. The Kier molecular flexibility index (Phi) is 6.48. The molecule has 0 radical (unpaired) electrons. The van der Waals surface area contributed by atoms with Crippen LogP contribution >= 0.6 is 0 Å². The van der Waals surface area contributed by atoms with Crippen LogP contribution in [0.3, 0.4) is 0 Å². The van der Waals surface area contributed by atoms with Gasteiger partial charge in [-0.1, -0.05) is 30.3 Å². The monoisotopic (exact) mass is 418 g/mol. The van der Waals surface area contributed by atoms with Crippen LogP contribution in [-0.2, 0) is 11.0 Å². The molecule has 4 nitrogen and oxygen atoms in total. The SMILES string of the molecule is CC(c1ccccc1)N(C)C(=O)C1CCN(C(=O)c2ccc(C(F)(F)F)cc2)CC1. The molecule has 3 rings (SSSR count). The summed E-state index contributed by atoms with van der Waals surface area (Å²) in [6.45, 7) is 2.80. The maximum Gasteiger partial charge on any atom is 0.416 e. The van der Waals surface area contributed by atoms with Crippen LogP contribution < -0.4 is 0 Å². The van der Waals surface area contributed by atoms with Crippen LogP contribution in [0.5, 0.6) is 0 Å². The summed E-state index contributed by atoms with van der Waals surface area (Å²) in [5.41, 5.74) is 0.504. The van der Waals surface area contributed by atoms with E-state index < -0.39 is 11.7 Å². The quantitative estimate of drug-likeness (QED) is 0.717. The number of nitrogens with zero attached hydrogens (tertiary/aromatic N) is 2. The van der Waals surface area contributed by atoms with E-state index in [0.717, 1.165) is 17.7 Å².